The largest absolute Gasteiger partial charge is 0.432 e. The third kappa shape index (κ3) is 2.40. The number of hydrogen-bond donors (Lipinski definition) is 1. The third-order valence-electron chi connectivity index (χ3n) is 1.92. The molecule has 1 rings (SSSR count). The highest BCUT2D eigenvalue weighted by molar-refractivity contribution is 5.78. The Balaban J connectivity index is 3.25. The van der Waals surface area contributed by atoms with E-state index in [0.717, 1.165) is 0 Å². The molecule has 0 aliphatic carbocycles. The maximum Gasteiger partial charge on any atom is 0.296 e. The molecule has 1 unspecified atom stereocenters. The predicted molar refractivity (Wildman–Crippen MR) is 59.8 cm³/mol. The Bertz CT molecular complexity index is 560. The van der Waals surface area contributed by atoms with Crippen molar-refractivity contribution in [2.75, 3.05) is 0 Å². The van der Waals surface area contributed by atoms with E-state index in [-0.39, 0.29) is 22.6 Å². The fourth-order valence-electron chi connectivity index (χ4n) is 1.21. The van der Waals surface area contributed by atoms with Gasteiger partial charge in [-0.2, -0.15) is 15.8 Å². The van der Waals surface area contributed by atoms with Gasteiger partial charge < -0.3 is 15.3 Å². The highest BCUT2D eigenvalue weighted by Crippen LogP contribution is 2.31. The zero-order chi connectivity index (χ0) is 13.7. The van der Waals surface area contributed by atoms with E-state index in [1.165, 1.54) is 0 Å². The van der Waals surface area contributed by atoms with Gasteiger partial charge in [-0.05, 0) is 13.8 Å². The number of oxime groups is 1. The molecule has 0 fully saturated rings. The van der Waals surface area contributed by atoms with Crippen LogP contribution in [-0.4, -0.2) is 12.0 Å². The lowest BCUT2D eigenvalue weighted by atomic mass is 10.0. The van der Waals surface area contributed by atoms with Crippen molar-refractivity contribution in [2.45, 2.75) is 20.1 Å². The Kier molecular flexibility index (Phi) is 3.91. The van der Waals surface area contributed by atoms with Gasteiger partial charge in [0, 0.05) is 0 Å². The molecule has 0 radical (unpaired) electrons. The first kappa shape index (κ1) is 13.1. The molecule has 1 aliphatic rings. The van der Waals surface area contributed by atoms with Crippen molar-refractivity contribution >= 4 is 5.71 Å². The van der Waals surface area contributed by atoms with Crippen LogP contribution in [0.5, 0.6) is 0 Å². The Labute approximate surface area is 104 Å². The Morgan fingerprint density at radius 2 is 1.94 bits per heavy atom. The van der Waals surface area contributed by atoms with Gasteiger partial charge in [-0.1, -0.05) is 5.16 Å². The van der Waals surface area contributed by atoms with Gasteiger partial charge in [0.05, 0.1) is 11.3 Å². The van der Waals surface area contributed by atoms with Crippen LogP contribution in [0.4, 0.5) is 0 Å². The number of allylic oxidation sites excluding steroid dienone is 1. The van der Waals surface area contributed by atoms with Crippen molar-refractivity contribution in [3.63, 3.8) is 0 Å². The van der Waals surface area contributed by atoms with Crippen LogP contribution in [-0.2, 0) is 9.57 Å². The molecular formula is C11H9N5O2. The van der Waals surface area contributed by atoms with Gasteiger partial charge in [0.2, 0.25) is 5.88 Å². The lowest BCUT2D eigenvalue weighted by molar-refractivity contribution is -0.0785. The van der Waals surface area contributed by atoms with E-state index in [9.17, 15) is 0 Å². The quantitative estimate of drug-likeness (QED) is 0.433. The molecule has 0 aromatic heterocycles. The van der Waals surface area contributed by atoms with Crippen molar-refractivity contribution in [3.8, 4) is 18.2 Å². The van der Waals surface area contributed by atoms with Crippen molar-refractivity contribution in [1.29, 1.82) is 15.8 Å². The fraction of sp³-hybridized carbons (Fsp3) is 0.273. The summed E-state index contributed by atoms with van der Waals surface area (Å²) in [5.41, 5.74) is 5.72. The summed E-state index contributed by atoms with van der Waals surface area (Å²) in [5.74, 6) is -0.190. The van der Waals surface area contributed by atoms with E-state index in [1.54, 1.807) is 32.1 Å². The maximum absolute atomic E-state index is 8.93. The van der Waals surface area contributed by atoms with Gasteiger partial charge in [0.15, 0.2) is 0 Å². The summed E-state index contributed by atoms with van der Waals surface area (Å²) in [6.07, 6.45) is -1.15. The number of ether oxygens (including phenoxy) is 1. The molecule has 2 N–H and O–H groups in total. The lowest BCUT2D eigenvalue weighted by Gasteiger charge is -2.10. The predicted octanol–water partition coefficient (Wildman–Crippen LogP) is 0.793. The van der Waals surface area contributed by atoms with Gasteiger partial charge in [0.25, 0.3) is 6.29 Å². The molecule has 0 saturated heterocycles. The molecular weight excluding hydrogens is 234 g/mol. The topological polar surface area (TPSA) is 128 Å². The lowest BCUT2D eigenvalue weighted by Crippen LogP contribution is -2.14. The fourth-order valence-corrected chi connectivity index (χ4v) is 1.21. The van der Waals surface area contributed by atoms with E-state index >= 15 is 0 Å². The van der Waals surface area contributed by atoms with Gasteiger partial charge in [-0.15, -0.1) is 0 Å². The van der Waals surface area contributed by atoms with Crippen LogP contribution in [0.15, 0.2) is 27.8 Å². The van der Waals surface area contributed by atoms with E-state index in [0.29, 0.717) is 5.71 Å². The summed E-state index contributed by atoms with van der Waals surface area (Å²) in [7, 11) is 0. The minimum Gasteiger partial charge on any atom is -0.432 e. The second-order valence-corrected chi connectivity index (χ2v) is 3.46. The summed E-state index contributed by atoms with van der Waals surface area (Å²) < 4.78 is 5.06. The monoisotopic (exact) mass is 243 g/mol. The number of nitrogens with two attached hydrogens (primary N) is 1. The van der Waals surface area contributed by atoms with Crippen molar-refractivity contribution in [2.24, 2.45) is 10.9 Å². The van der Waals surface area contributed by atoms with E-state index in [2.05, 4.69) is 5.16 Å². The second kappa shape index (κ2) is 5.38. The molecule has 1 atom stereocenters. The number of nitrogens with zero attached hydrogens (tertiary/aromatic N) is 4. The van der Waals surface area contributed by atoms with Crippen LogP contribution in [0.3, 0.4) is 0 Å². The SMILES string of the molecule is CC(C)=NOC1OC(N)=C(C#N)C1=C(C#N)C#N. The summed E-state index contributed by atoms with van der Waals surface area (Å²) in [6.45, 7) is 3.38. The van der Waals surface area contributed by atoms with Crippen molar-refractivity contribution < 1.29 is 9.57 Å². The number of rotatable bonds is 2. The Morgan fingerprint density at radius 3 is 2.39 bits per heavy atom. The first-order valence-electron chi connectivity index (χ1n) is 4.83. The average molecular weight is 243 g/mol. The normalized spacial score (nSPS) is 17.1. The van der Waals surface area contributed by atoms with Crippen LogP contribution in [0, 0.1) is 34.0 Å². The first-order valence-corrected chi connectivity index (χ1v) is 4.83. The zero-order valence-corrected chi connectivity index (χ0v) is 9.76. The molecule has 0 aromatic rings. The van der Waals surface area contributed by atoms with Gasteiger partial charge >= 0.3 is 0 Å². The molecule has 1 aliphatic heterocycles. The molecule has 0 saturated carbocycles. The van der Waals surface area contributed by atoms with E-state index in [4.69, 9.17) is 31.1 Å². The first-order chi connectivity index (χ1) is 8.54. The maximum atomic E-state index is 8.93. The van der Waals surface area contributed by atoms with Crippen LogP contribution < -0.4 is 5.73 Å². The van der Waals surface area contributed by atoms with E-state index in [1.807, 2.05) is 0 Å². The molecule has 0 bridgehead atoms. The molecule has 7 heteroatoms. The van der Waals surface area contributed by atoms with Crippen LogP contribution in [0.1, 0.15) is 13.8 Å². The van der Waals surface area contributed by atoms with Crippen LogP contribution in [0.25, 0.3) is 0 Å². The summed E-state index contributed by atoms with van der Waals surface area (Å²) in [4.78, 5) is 5.00. The van der Waals surface area contributed by atoms with E-state index < -0.39 is 6.29 Å². The minimum absolute atomic E-state index is 0.00463. The number of hydrogen-bond acceptors (Lipinski definition) is 7. The smallest absolute Gasteiger partial charge is 0.296 e. The minimum atomic E-state index is -1.15. The van der Waals surface area contributed by atoms with Crippen LogP contribution in [0.2, 0.25) is 0 Å². The highest BCUT2D eigenvalue weighted by Gasteiger charge is 2.35. The molecule has 0 amide bonds. The summed E-state index contributed by atoms with van der Waals surface area (Å²) in [5, 5.41) is 30.2. The molecule has 0 aromatic carbocycles. The van der Waals surface area contributed by atoms with Gasteiger partial charge in [-0.3, -0.25) is 0 Å². The zero-order valence-electron chi connectivity index (χ0n) is 9.76. The molecule has 1 heterocycles. The standard InChI is InChI=1S/C11H9N5O2/c1-6(2)16-18-11-9(7(3-12)4-13)8(5-14)10(15)17-11/h11H,15H2,1-2H3. The van der Waals surface area contributed by atoms with Gasteiger partial charge in [-0.25, -0.2) is 0 Å². The second-order valence-electron chi connectivity index (χ2n) is 3.46. The molecule has 18 heavy (non-hydrogen) atoms. The summed E-state index contributed by atoms with van der Waals surface area (Å²) in [6, 6.07) is 5.10. The number of nitriles is 3. The highest BCUT2D eigenvalue weighted by atomic mass is 16.8. The Hall–Kier alpha value is -2.98. The Morgan fingerprint density at radius 1 is 1.33 bits per heavy atom. The van der Waals surface area contributed by atoms with Crippen molar-refractivity contribution in [3.05, 3.63) is 22.6 Å². The molecule has 90 valence electrons. The van der Waals surface area contributed by atoms with Gasteiger partial charge in [0.1, 0.15) is 29.4 Å². The summed E-state index contributed by atoms with van der Waals surface area (Å²) >= 11 is 0. The average Bonchev–Trinajstić information content (AvgIpc) is 2.65. The van der Waals surface area contributed by atoms with Crippen molar-refractivity contribution in [1.82, 2.24) is 0 Å². The third-order valence-corrected chi connectivity index (χ3v) is 1.92. The van der Waals surface area contributed by atoms with Crippen LogP contribution >= 0.6 is 0 Å². The molecule has 7 nitrogen and oxygen atoms in total. The molecule has 0 spiro atoms.